The van der Waals surface area contributed by atoms with Crippen LogP contribution in [-0.2, 0) is 31.5 Å². The summed E-state index contributed by atoms with van der Waals surface area (Å²) in [5, 5.41) is 76.4. The number of nitrogens with zero attached hydrogens (tertiary/aromatic N) is 4. The van der Waals surface area contributed by atoms with Crippen molar-refractivity contribution >= 4 is 29.3 Å². The van der Waals surface area contributed by atoms with Gasteiger partial charge in [-0.05, 0) is 13.8 Å². The highest BCUT2D eigenvalue weighted by atomic mass is 19.4. The first-order valence-electron chi connectivity index (χ1n) is 15.9. The number of hydrogen-bond donors (Lipinski definition) is 7. The third kappa shape index (κ3) is 8.80. The fourth-order valence-corrected chi connectivity index (χ4v) is 5.98. The number of amides is 3. The number of aromatic hydroxyl groups is 3. The van der Waals surface area contributed by atoms with Crippen LogP contribution in [0.3, 0.4) is 0 Å². The van der Waals surface area contributed by atoms with E-state index in [2.05, 4.69) is 0 Å². The molecule has 4 unspecified atom stereocenters. The summed E-state index contributed by atoms with van der Waals surface area (Å²) >= 11 is 0. The van der Waals surface area contributed by atoms with Crippen LogP contribution >= 0.6 is 0 Å². The second kappa shape index (κ2) is 16.2. The number of phenolic OH excluding ortho intramolecular Hbond substituents is 3. The fraction of sp³-hybridized carbons (Fsp3) is 0.645. The van der Waals surface area contributed by atoms with Gasteiger partial charge >= 0.3 is 24.3 Å². The van der Waals surface area contributed by atoms with E-state index in [1.54, 1.807) is 0 Å². The number of piperazine rings is 1. The molecule has 0 spiro atoms. The number of phenols is 3. The molecule has 1 saturated heterocycles. The molecule has 0 aliphatic carbocycles. The number of alkyl halides is 7. The van der Waals surface area contributed by atoms with Crippen LogP contribution in [0.15, 0.2) is 0 Å². The lowest BCUT2D eigenvalue weighted by atomic mass is 9.84. The van der Waals surface area contributed by atoms with Crippen LogP contribution < -0.4 is 0 Å². The standard InChI is InChI=1S/C31H41F7N4O12/c1-13(19(45)11-32)18(23(46)15(3)43)12-42(31(53,54)28(51,52)16(4)40-7-9-41(10-8-40)17(5)44)27(50)39(6)14(2)20-24(47)21(29(33,34)35)26(49)22(25(20)48)30(36,37)38/h13-14,16,18,47-49,51-54H,7-12H2,1-6H3. The van der Waals surface area contributed by atoms with E-state index in [-0.39, 0.29) is 41.9 Å². The zero-order valence-electron chi connectivity index (χ0n) is 29.7. The third-order valence-corrected chi connectivity index (χ3v) is 9.62. The van der Waals surface area contributed by atoms with Gasteiger partial charge in [0.15, 0.2) is 11.6 Å². The summed E-state index contributed by atoms with van der Waals surface area (Å²) in [5.41, 5.74) is -7.10. The first-order chi connectivity index (χ1) is 24.4. The Balaban J connectivity index is 2.87. The average molecular weight is 795 g/mol. The van der Waals surface area contributed by atoms with Crippen molar-refractivity contribution in [2.75, 3.05) is 46.4 Å². The van der Waals surface area contributed by atoms with E-state index in [1.165, 1.54) is 16.7 Å². The minimum atomic E-state index is -5.92. The largest absolute Gasteiger partial charge is 0.507 e. The van der Waals surface area contributed by atoms with Gasteiger partial charge in [-0.1, -0.05) is 6.92 Å². The number of hydrogen-bond acceptors (Lipinski definition) is 13. The number of Topliss-reactive ketones (excluding diaryl/α,β-unsaturated/α-hetero) is 3. The SMILES string of the molecule is CC(=O)C(=O)C(CN(C(=O)N(C)C(C)c1c(O)c(C(F)(F)F)c(O)c(C(F)(F)F)c1O)C(O)(O)C(O)(O)C(C)N1CCN(C(C)=O)CC1)C(C)C(=O)CF. The summed E-state index contributed by atoms with van der Waals surface area (Å²) in [6, 6.07) is -6.25. The van der Waals surface area contributed by atoms with Crippen LogP contribution in [0, 0.1) is 11.8 Å². The first-order valence-corrected chi connectivity index (χ1v) is 15.9. The molecule has 1 fully saturated rings. The number of carbonyl (C=O) groups excluding carboxylic acids is 5. The summed E-state index contributed by atoms with van der Waals surface area (Å²) in [6.07, 6.45) is -11.8. The van der Waals surface area contributed by atoms with Crippen LogP contribution in [0.4, 0.5) is 35.5 Å². The number of benzene rings is 1. The molecular formula is C31H41F7N4O12. The van der Waals surface area contributed by atoms with Crippen molar-refractivity contribution in [2.24, 2.45) is 11.8 Å². The molecule has 7 N–H and O–H groups in total. The summed E-state index contributed by atoms with van der Waals surface area (Å²) < 4.78 is 96.6. The monoisotopic (exact) mass is 794 g/mol. The van der Waals surface area contributed by atoms with Gasteiger partial charge in [-0.3, -0.25) is 29.0 Å². The number of carbonyl (C=O) groups is 5. The Hall–Kier alpha value is -4.32. The van der Waals surface area contributed by atoms with Gasteiger partial charge in [0.2, 0.25) is 11.7 Å². The number of ketones is 3. The molecule has 54 heavy (non-hydrogen) atoms. The van der Waals surface area contributed by atoms with Crippen molar-refractivity contribution < 1.29 is 90.5 Å². The van der Waals surface area contributed by atoms with E-state index in [0.29, 0.717) is 20.9 Å². The molecule has 16 nitrogen and oxygen atoms in total. The van der Waals surface area contributed by atoms with Gasteiger partial charge < -0.3 is 45.5 Å². The zero-order chi connectivity index (χ0) is 42.2. The van der Waals surface area contributed by atoms with E-state index in [1.807, 2.05) is 0 Å². The van der Waals surface area contributed by atoms with Gasteiger partial charge in [0.1, 0.15) is 35.1 Å². The highest BCUT2D eigenvalue weighted by Gasteiger charge is 2.60. The number of urea groups is 1. The highest BCUT2D eigenvalue weighted by Crippen LogP contribution is 2.55. The van der Waals surface area contributed by atoms with Crippen LogP contribution in [0.1, 0.15) is 57.4 Å². The smallest absolute Gasteiger partial charge is 0.423 e. The van der Waals surface area contributed by atoms with Crippen molar-refractivity contribution in [3.63, 3.8) is 0 Å². The molecule has 3 amide bonds. The van der Waals surface area contributed by atoms with Crippen LogP contribution in [-0.4, -0.2) is 149 Å². The first kappa shape index (κ1) is 45.8. The predicted octanol–water partition coefficient (Wildman–Crippen LogP) is 1.08. The number of halogens is 7. The van der Waals surface area contributed by atoms with Gasteiger partial charge in [-0.2, -0.15) is 26.3 Å². The molecule has 1 aliphatic heterocycles. The molecular weight excluding hydrogens is 753 g/mol. The van der Waals surface area contributed by atoms with Crippen LogP contribution in [0.2, 0.25) is 0 Å². The molecule has 306 valence electrons. The maximum Gasteiger partial charge on any atom is 0.423 e. The molecule has 1 aliphatic rings. The summed E-state index contributed by atoms with van der Waals surface area (Å²) in [5.74, 6) is -24.1. The quantitative estimate of drug-likeness (QED) is 0.0842. The second-order valence-corrected chi connectivity index (χ2v) is 12.9. The molecule has 2 rings (SSSR count). The van der Waals surface area contributed by atoms with E-state index < -0.39 is 119 Å². The Morgan fingerprint density at radius 1 is 0.778 bits per heavy atom. The minimum Gasteiger partial charge on any atom is -0.507 e. The summed E-state index contributed by atoms with van der Waals surface area (Å²) in [6.45, 7) is 0.751. The van der Waals surface area contributed by atoms with Gasteiger partial charge in [-0.15, -0.1) is 0 Å². The van der Waals surface area contributed by atoms with E-state index >= 15 is 0 Å². The van der Waals surface area contributed by atoms with Crippen molar-refractivity contribution in [1.29, 1.82) is 0 Å². The van der Waals surface area contributed by atoms with Gasteiger partial charge in [-0.25, -0.2) is 9.18 Å². The van der Waals surface area contributed by atoms with Gasteiger partial charge in [0.05, 0.1) is 23.6 Å². The second-order valence-electron chi connectivity index (χ2n) is 12.9. The van der Waals surface area contributed by atoms with Gasteiger partial charge in [0.25, 0.3) is 5.79 Å². The minimum absolute atomic E-state index is 0.0139. The molecule has 1 heterocycles. The Labute approximate surface area is 302 Å². The lowest BCUT2D eigenvalue weighted by molar-refractivity contribution is -0.417. The van der Waals surface area contributed by atoms with Crippen LogP contribution in [0.25, 0.3) is 0 Å². The fourth-order valence-electron chi connectivity index (χ4n) is 5.98. The highest BCUT2D eigenvalue weighted by molar-refractivity contribution is 6.37. The van der Waals surface area contributed by atoms with Crippen molar-refractivity contribution in [1.82, 2.24) is 19.6 Å². The molecule has 23 heteroatoms. The van der Waals surface area contributed by atoms with E-state index in [9.17, 15) is 90.5 Å². The maximum atomic E-state index is 14.2. The molecule has 1 aromatic rings. The Kier molecular flexibility index (Phi) is 13.7. The average Bonchev–Trinajstić information content (AvgIpc) is 3.04. The van der Waals surface area contributed by atoms with Gasteiger partial charge in [0, 0.05) is 59.5 Å². The Bertz CT molecular complexity index is 1590. The molecule has 1 aromatic carbocycles. The summed E-state index contributed by atoms with van der Waals surface area (Å²) in [4.78, 5) is 65.6. The normalized spacial score (nSPS) is 17.0. The molecule has 0 radical (unpaired) electrons. The zero-order valence-corrected chi connectivity index (χ0v) is 29.7. The Morgan fingerprint density at radius 3 is 1.59 bits per heavy atom. The van der Waals surface area contributed by atoms with E-state index in [4.69, 9.17) is 0 Å². The lowest BCUT2D eigenvalue weighted by Crippen LogP contribution is -2.74. The molecule has 0 aromatic heterocycles. The lowest BCUT2D eigenvalue weighted by Gasteiger charge is -2.50. The predicted molar refractivity (Wildman–Crippen MR) is 167 cm³/mol. The topological polar surface area (TPSA) is 240 Å². The van der Waals surface area contributed by atoms with E-state index in [0.717, 1.165) is 13.8 Å². The number of aliphatic hydroxyl groups is 4. The van der Waals surface area contributed by atoms with Crippen LogP contribution in [0.5, 0.6) is 17.2 Å². The number of rotatable bonds is 13. The third-order valence-electron chi connectivity index (χ3n) is 9.62. The molecule has 0 bridgehead atoms. The van der Waals surface area contributed by atoms with Crippen molar-refractivity contribution in [3.8, 4) is 17.2 Å². The molecule has 4 atom stereocenters. The summed E-state index contributed by atoms with van der Waals surface area (Å²) in [7, 11) is 0.543. The maximum absolute atomic E-state index is 14.2. The van der Waals surface area contributed by atoms with Crippen molar-refractivity contribution in [2.45, 2.75) is 70.8 Å². The Morgan fingerprint density at radius 2 is 1.22 bits per heavy atom. The molecule has 0 saturated carbocycles. The van der Waals surface area contributed by atoms with Crippen molar-refractivity contribution in [3.05, 3.63) is 16.7 Å².